The molecule has 36 heavy (non-hydrogen) atoms. The molecular weight excluding hydrogens is 458 g/mol. The Morgan fingerprint density at radius 2 is 1.61 bits per heavy atom. The minimum Gasteiger partial charge on any atom is -0.394 e. The first kappa shape index (κ1) is 21.4. The first-order valence-corrected chi connectivity index (χ1v) is 11.8. The van der Waals surface area contributed by atoms with E-state index in [0.29, 0.717) is 23.5 Å². The van der Waals surface area contributed by atoms with Gasteiger partial charge in [-0.15, -0.1) is 0 Å². The van der Waals surface area contributed by atoms with Crippen LogP contribution >= 0.6 is 0 Å². The number of aliphatic hydroxyl groups excluding tert-OH is 3. The van der Waals surface area contributed by atoms with Crippen LogP contribution < -0.4 is 5.32 Å². The van der Waals surface area contributed by atoms with Crippen molar-refractivity contribution in [3.8, 4) is 0 Å². The first-order valence-electron chi connectivity index (χ1n) is 11.8. The second-order valence-electron chi connectivity index (χ2n) is 9.21. The van der Waals surface area contributed by atoms with Gasteiger partial charge >= 0.3 is 0 Å². The quantitative estimate of drug-likeness (QED) is 0.277. The van der Waals surface area contributed by atoms with Gasteiger partial charge in [0.15, 0.2) is 23.2 Å². The number of anilines is 1. The minimum atomic E-state index is -1.22. The highest BCUT2D eigenvalue weighted by Gasteiger charge is 2.44. The van der Waals surface area contributed by atoms with Crippen LogP contribution in [0.2, 0.25) is 0 Å². The molecule has 2 aromatic heterocycles. The van der Waals surface area contributed by atoms with E-state index in [1.165, 1.54) is 45.0 Å². The molecule has 0 unspecified atom stereocenters. The van der Waals surface area contributed by atoms with E-state index in [4.69, 9.17) is 4.74 Å². The summed E-state index contributed by atoms with van der Waals surface area (Å²) >= 11 is 0. The fourth-order valence-corrected chi connectivity index (χ4v) is 5.41. The molecule has 0 radical (unpaired) electrons. The predicted octanol–water partition coefficient (Wildman–Crippen LogP) is 2.95. The number of fused-ring (bicyclic) bond motifs is 1. The maximum atomic E-state index is 10.4. The zero-order valence-corrected chi connectivity index (χ0v) is 19.1. The fourth-order valence-electron chi connectivity index (χ4n) is 5.41. The van der Waals surface area contributed by atoms with Crippen molar-refractivity contribution < 1.29 is 20.1 Å². The zero-order chi connectivity index (χ0) is 24.4. The van der Waals surface area contributed by atoms with Gasteiger partial charge in [0.25, 0.3) is 0 Å². The summed E-state index contributed by atoms with van der Waals surface area (Å²) in [4.78, 5) is 13.2. The second kappa shape index (κ2) is 8.07. The average molecular weight is 482 g/mol. The van der Waals surface area contributed by atoms with Crippen LogP contribution in [0.25, 0.3) is 43.5 Å². The summed E-state index contributed by atoms with van der Waals surface area (Å²) in [6.07, 6.45) is -1.29. The summed E-state index contributed by atoms with van der Waals surface area (Å²) in [5.74, 6) is 0.552. The molecule has 0 spiro atoms. The molecule has 1 fully saturated rings. The van der Waals surface area contributed by atoms with Gasteiger partial charge in [-0.05, 0) is 37.9 Å². The van der Waals surface area contributed by atoms with Gasteiger partial charge in [0.1, 0.15) is 24.6 Å². The Labute approximate surface area is 205 Å². The van der Waals surface area contributed by atoms with Gasteiger partial charge < -0.3 is 25.4 Å². The van der Waals surface area contributed by atoms with Crippen LogP contribution in [0.15, 0.2) is 67.3 Å². The lowest BCUT2D eigenvalue weighted by atomic mass is 9.92. The van der Waals surface area contributed by atoms with Crippen molar-refractivity contribution in [1.29, 1.82) is 0 Å². The molecule has 4 atom stereocenters. The Hall–Kier alpha value is -3.89. The highest BCUT2D eigenvalue weighted by atomic mass is 16.6. The predicted molar refractivity (Wildman–Crippen MR) is 136 cm³/mol. The third-order valence-corrected chi connectivity index (χ3v) is 7.22. The third-order valence-electron chi connectivity index (χ3n) is 7.22. The topological polar surface area (TPSA) is 126 Å². The Morgan fingerprint density at radius 3 is 2.39 bits per heavy atom. The molecule has 1 saturated heterocycles. The molecule has 0 saturated carbocycles. The molecule has 3 heterocycles. The van der Waals surface area contributed by atoms with E-state index in [0.717, 1.165) is 5.56 Å². The van der Waals surface area contributed by atoms with Crippen LogP contribution in [0.3, 0.4) is 0 Å². The maximum absolute atomic E-state index is 10.4. The number of nitrogens with zero attached hydrogens (tertiary/aromatic N) is 4. The molecule has 9 nitrogen and oxygen atoms in total. The number of ether oxygens (including phenoxy) is 1. The Kier molecular flexibility index (Phi) is 4.80. The molecule has 4 N–H and O–H groups in total. The van der Waals surface area contributed by atoms with Gasteiger partial charge in [-0.1, -0.05) is 54.6 Å². The summed E-state index contributed by atoms with van der Waals surface area (Å²) in [6, 6.07) is 19.3. The van der Waals surface area contributed by atoms with Crippen LogP contribution in [0.4, 0.5) is 5.82 Å². The molecule has 0 bridgehead atoms. The van der Waals surface area contributed by atoms with Gasteiger partial charge in [-0.25, -0.2) is 15.0 Å². The van der Waals surface area contributed by atoms with Crippen LogP contribution in [0, 0.1) is 0 Å². The highest BCUT2D eigenvalue weighted by molar-refractivity contribution is 6.23. The molecule has 1 aliphatic rings. The molecule has 180 valence electrons. The molecular formula is C27H23N5O4. The van der Waals surface area contributed by atoms with Crippen molar-refractivity contribution in [2.45, 2.75) is 31.1 Å². The summed E-state index contributed by atoms with van der Waals surface area (Å²) in [6.45, 7) is 0.128. The second-order valence-corrected chi connectivity index (χ2v) is 9.21. The number of nitrogens with one attached hydrogen (secondary N) is 1. The van der Waals surface area contributed by atoms with Crippen molar-refractivity contribution >= 4 is 49.3 Å². The van der Waals surface area contributed by atoms with Gasteiger partial charge in [0.05, 0.1) is 12.9 Å². The lowest BCUT2D eigenvalue weighted by Crippen LogP contribution is -2.33. The summed E-state index contributed by atoms with van der Waals surface area (Å²) < 4.78 is 7.21. The van der Waals surface area contributed by atoms with Crippen LogP contribution in [0.5, 0.6) is 0 Å². The summed E-state index contributed by atoms with van der Waals surface area (Å²) in [7, 11) is 0. The SMILES string of the molecule is OC[C@H]1O[C@@H](n2cnc3c(NCc4ccc5ccc6cccc7ccc4c5c67)ncnc32)[C@H](O)[C@@H]1O. The van der Waals surface area contributed by atoms with Crippen molar-refractivity contribution in [1.82, 2.24) is 19.5 Å². The molecule has 6 aromatic rings. The Morgan fingerprint density at radius 1 is 0.861 bits per heavy atom. The van der Waals surface area contributed by atoms with E-state index in [9.17, 15) is 15.3 Å². The zero-order valence-electron chi connectivity index (χ0n) is 19.1. The monoisotopic (exact) mass is 481 g/mol. The molecule has 9 heteroatoms. The number of imidazole rings is 1. The van der Waals surface area contributed by atoms with Crippen LogP contribution in [-0.4, -0.2) is 59.8 Å². The number of aromatic nitrogens is 4. The number of rotatable bonds is 5. The molecule has 1 aliphatic heterocycles. The Bertz CT molecular complexity index is 1720. The van der Waals surface area contributed by atoms with Crippen molar-refractivity contribution in [3.05, 3.63) is 72.8 Å². The number of hydrogen-bond acceptors (Lipinski definition) is 8. The minimum absolute atomic E-state index is 0.400. The fraction of sp³-hybridized carbons (Fsp3) is 0.222. The number of benzene rings is 4. The van der Waals surface area contributed by atoms with Crippen LogP contribution in [-0.2, 0) is 11.3 Å². The van der Waals surface area contributed by atoms with E-state index in [-0.39, 0.29) is 0 Å². The van der Waals surface area contributed by atoms with E-state index in [1.807, 2.05) is 0 Å². The molecule has 0 aliphatic carbocycles. The van der Waals surface area contributed by atoms with E-state index in [1.54, 1.807) is 4.57 Å². The van der Waals surface area contributed by atoms with E-state index >= 15 is 0 Å². The summed E-state index contributed by atoms with van der Waals surface area (Å²) in [5, 5.41) is 40.8. The largest absolute Gasteiger partial charge is 0.394 e. The maximum Gasteiger partial charge on any atom is 0.167 e. The molecule has 4 aromatic carbocycles. The van der Waals surface area contributed by atoms with Gasteiger partial charge in [-0.3, -0.25) is 4.57 Å². The summed E-state index contributed by atoms with van der Waals surface area (Å²) in [5.41, 5.74) is 2.11. The van der Waals surface area contributed by atoms with Gasteiger partial charge in [0, 0.05) is 6.54 Å². The smallest absolute Gasteiger partial charge is 0.167 e. The molecule has 0 amide bonds. The van der Waals surface area contributed by atoms with Gasteiger partial charge in [0.2, 0.25) is 0 Å². The van der Waals surface area contributed by atoms with Crippen molar-refractivity contribution in [3.63, 3.8) is 0 Å². The highest BCUT2D eigenvalue weighted by Crippen LogP contribution is 2.36. The van der Waals surface area contributed by atoms with E-state index < -0.39 is 31.1 Å². The van der Waals surface area contributed by atoms with Crippen LogP contribution in [0.1, 0.15) is 11.8 Å². The Balaban J connectivity index is 1.24. The number of hydrogen-bond donors (Lipinski definition) is 4. The normalized spacial score (nSPS) is 22.4. The van der Waals surface area contributed by atoms with Crippen molar-refractivity contribution in [2.75, 3.05) is 11.9 Å². The van der Waals surface area contributed by atoms with Crippen molar-refractivity contribution in [2.24, 2.45) is 0 Å². The number of aliphatic hydroxyl groups is 3. The van der Waals surface area contributed by atoms with Gasteiger partial charge in [-0.2, -0.15) is 0 Å². The lowest BCUT2D eigenvalue weighted by Gasteiger charge is -2.16. The average Bonchev–Trinajstić information content (AvgIpc) is 3.47. The lowest BCUT2D eigenvalue weighted by molar-refractivity contribution is -0.0511. The third kappa shape index (κ3) is 3.07. The molecule has 7 rings (SSSR count). The standard InChI is InChI=1S/C27H23N5O4/c33-11-19-23(34)24(35)27(36-19)32-13-31-22-25(29-12-30-26(22)32)28-10-17-7-6-16-5-4-14-2-1-3-15-8-9-18(17)21(16)20(14)15/h1-9,12-13,19,23-24,27,33-35H,10-11H2,(H,28,29,30)/t19-,23-,24-,27-/m1/s1. The first-order chi connectivity index (χ1) is 17.6. The van der Waals surface area contributed by atoms with E-state index in [2.05, 4.69) is 74.9 Å².